The van der Waals surface area contributed by atoms with Crippen LogP contribution < -0.4 is 10.6 Å². The maximum Gasteiger partial charge on any atom is 0.0278 e. The van der Waals surface area contributed by atoms with Gasteiger partial charge in [0, 0.05) is 16.5 Å². The highest BCUT2D eigenvalue weighted by atomic mass is 15.3. The van der Waals surface area contributed by atoms with Crippen molar-refractivity contribution >= 4 is 0 Å². The molecule has 0 aromatic carbocycles. The Labute approximate surface area is 61.4 Å². The molecule has 0 heterocycles. The molecule has 2 N–H and O–H groups in total. The molecule has 0 aliphatic heterocycles. The van der Waals surface area contributed by atoms with Crippen molar-refractivity contribution in [2.45, 2.75) is 30.3 Å². The van der Waals surface area contributed by atoms with Gasteiger partial charge in [-0.1, -0.05) is 0 Å². The average Bonchev–Trinajstić information content (AvgIpc) is 2.72. The van der Waals surface area contributed by atoms with Crippen LogP contribution in [0.15, 0.2) is 0 Å². The molecule has 56 valence electrons. The van der Waals surface area contributed by atoms with Crippen LogP contribution >= 0.6 is 0 Å². The van der Waals surface area contributed by atoms with Crippen LogP contribution in [0.25, 0.3) is 0 Å². The predicted octanol–water partition coefficient (Wildman–Crippen LogP) is 0.100. The van der Waals surface area contributed by atoms with Crippen LogP contribution in [-0.4, -0.2) is 25.2 Å². The highest BCUT2D eigenvalue weighted by molar-refractivity contribution is 5.52. The van der Waals surface area contributed by atoms with Crippen molar-refractivity contribution in [1.82, 2.24) is 10.6 Å². The zero-order valence-electron chi connectivity index (χ0n) is 6.62. The van der Waals surface area contributed by atoms with E-state index in [1.165, 1.54) is 19.3 Å². The Balaban J connectivity index is 1.90. The van der Waals surface area contributed by atoms with Crippen LogP contribution in [0.1, 0.15) is 19.3 Å². The molecule has 3 aliphatic carbocycles. The quantitative estimate of drug-likeness (QED) is 0.565. The minimum absolute atomic E-state index is 0.593. The molecule has 0 radical (unpaired) electrons. The Morgan fingerprint density at radius 2 is 1.40 bits per heavy atom. The van der Waals surface area contributed by atoms with E-state index in [1.54, 1.807) is 0 Å². The Hall–Kier alpha value is -0.0800. The zero-order valence-corrected chi connectivity index (χ0v) is 6.62. The van der Waals surface area contributed by atoms with Crippen LogP contribution in [0.3, 0.4) is 0 Å². The van der Waals surface area contributed by atoms with Gasteiger partial charge in [0.05, 0.1) is 0 Å². The highest BCUT2D eigenvalue weighted by Gasteiger charge is 2.96. The Morgan fingerprint density at radius 3 is 1.60 bits per heavy atom. The maximum absolute atomic E-state index is 3.45. The van der Waals surface area contributed by atoms with Gasteiger partial charge in [-0.25, -0.2) is 0 Å². The molecule has 3 saturated carbocycles. The molecule has 3 fully saturated rings. The molecular formula is C8H14N2. The molecule has 2 unspecified atom stereocenters. The summed E-state index contributed by atoms with van der Waals surface area (Å²) < 4.78 is 0. The van der Waals surface area contributed by atoms with Gasteiger partial charge in [0.2, 0.25) is 0 Å². The van der Waals surface area contributed by atoms with E-state index in [0.717, 1.165) is 5.41 Å². The lowest BCUT2D eigenvalue weighted by molar-refractivity contribution is 0.258. The Bertz CT molecular complexity index is 191. The van der Waals surface area contributed by atoms with Gasteiger partial charge in [-0.15, -0.1) is 0 Å². The maximum atomic E-state index is 3.45. The molecule has 10 heavy (non-hydrogen) atoms. The fourth-order valence-electron chi connectivity index (χ4n) is 3.50. The third kappa shape index (κ3) is 0.264. The van der Waals surface area contributed by atoms with Crippen molar-refractivity contribution in [2.75, 3.05) is 14.1 Å². The van der Waals surface area contributed by atoms with Crippen LogP contribution in [0.2, 0.25) is 0 Å². The summed E-state index contributed by atoms with van der Waals surface area (Å²) in [5.41, 5.74) is 1.91. The monoisotopic (exact) mass is 138 g/mol. The van der Waals surface area contributed by atoms with Crippen LogP contribution in [-0.2, 0) is 0 Å². The van der Waals surface area contributed by atoms with Gasteiger partial charge in [0.25, 0.3) is 0 Å². The lowest BCUT2D eigenvalue weighted by Crippen LogP contribution is -2.51. The van der Waals surface area contributed by atoms with Gasteiger partial charge in [-0.05, 0) is 33.4 Å². The summed E-state index contributed by atoms with van der Waals surface area (Å²) in [5.74, 6) is 0. The van der Waals surface area contributed by atoms with Crippen molar-refractivity contribution in [3.8, 4) is 0 Å². The second-order valence-electron chi connectivity index (χ2n) is 4.28. The number of hydrogen-bond acceptors (Lipinski definition) is 2. The first-order chi connectivity index (χ1) is 4.74. The fourth-order valence-corrected chi connectivity index (χ4v) is 3.50. The molecule has 0 aromatic heterocycles. The second kappa shape index (κ2) is 1.07. The van der Waals surface area contributed by atoms with E-state index in [4.69, 9.17) is 0 Å². The van der Waals surface area contributed by atoms with Crippen LogP contribution in [0.5, 0.6) is 0 Å². The van der Waals surface area contributed by atoms with Gasteiger partial charge >= 0.3 is 0 Å². The standard InChI is InChI=1S/C8H14N2/c1-9-7-3-6(7)4-8(6,5-7)10-2/h9-10H,3-5H2,1-2H3. The molecule has 0 bridgehead atoms. The van der Waals surface area contributed by atoms with Crippen molar-refractivity contribution in [1.29, 1.82) is 0 Å². The van der Waals surface area contributed by atoms with E-state index in [2.05, 4.69) is 24.7 Å². The second-order valence-corrected chi connectivity index (χ2v) is 4.28. The van der Waals surface area contributed by atoms with Gasteiger partial charge in [-0.3, -0.25) is 0 Å². The molecule has 2 atom stereocenters. The Morgan fingerprint density at radius 1 is 0.900 bits per heavy atom. The molecule has 2 nitrogen and oxygen atoms in total. The molecule has 0 saturated heterocycles. The molecular weight excluding hydrogens is 124 g/mol. The minimum Gasteiger partial charge on any atom is -0.314 e. The van der Waals surface area contributed by atoms with E-state index in [-0.39, 0.29) is 0 Å². The van der Waals surface area contributed by atoms with Gasteiger partial charge < -0.3 is 10.6 Å². The van der Waals surface area contributed by atoms with Crippen molar-refractivity contribution in [2.24, 2.45) is 5.41 Å². The van der Waals surface area contributed by atoms with E-state index in [1.807, 2.05) is 0 Å². The summed E-state index contributed by atoms with van der Waals surface area (Å²) in [6.45, 7) is 0. The smallest absolute Gasteiger partial charge is 0.0278 e. The first kappa shape index (κ1) is 5.56. The minimum atomic E-state index is 0.593. The summed E-state index contributed by atoms with van der Waals surface area (Å²) >= 11 is 0. The lowest BCUT2D eigenvalue weighted by atomic mass is 9.87. The SMILES string of the molecule is CNC12CC3(NC)CC13C2. The molecule has 0 aromatic rings. The molecule has 3 aliphatic rings. The summed E-state index contributed by atoms with van der Waals surface area (Å²) in [4.78, 5) is 0. The van der Waals surface area contributed by atoms with Crippen LogP contribution in [0, 0.1) is 5.41 Å². The first-order valence-electron chi connectivity index (χ1n) is 4.12. The van der Waals surface area contributed by atoms with Gasteiger partial charge in [0.1, 0.15) is 0 Å². The molecule has 1 spiro atoms. The van der Waals surface area contributed by atoms with Crippen molar-refractivity contribution < 1.29 is 0 Å². The zero-order chi connectivity index (χ0) is 7.04. The molecule has 3 rings (SSSR count). The fraction of sp³-hybridized carbons (Fsp3) is 1.00. The van der Waals surface area contributed by atoms with E-state index >= 15 is 0 Å². The largest absolute Gasteiger partial charge is 0.314 e. The van der Waals surface area contributed by atoms with Crippen LogP contribution in [0.4, 0.5) is 0 Å². The molecule has 2 heteroatoms. The molecule has 0 amide bonds. The van der Waals surface area contributed by atoms with Crippen molar-refractivity contribution in [3.63, 3.8) is 0 Å². The average molecular weight is 138 g/mol. The number of nitrogens with one attached hydrogen (secondary N) is 2. The predicted molar refractivity (Wildman–Crippen MR) is 39.9 cm³/mol. The topological polar surface area (TPSA) is 24.1 Å². The summed E-state index contributed by atoms with van der Waals surface area (Å²) in [7, 11) is 4.21. The summed E-state index contributed by atoms with van der Waals surface area (Å²) in [6.07, 6.45) is 4.22. The normalized spacial score (nSPS) is 67.8. The van der Waals surface area contributed by atoms with Crippen molar-refractivity contribution in [3.05, 3.63) is 0 Å². The first-order valence-corrected chi connectivity index (χ1v) is 4.12. The van der Waals surface area contributed by atoms with Gasteiger partial charge in [-0.2, -0.15) is 0 Å². The Kier molecular flexibility index (Phi) is 0.592. The lowest BCUT2D eigenvalue weighted by Gasteiger charge is -2.33. The van der Waals surface area contributed by atoms with E-state index in [9.17, 15) is 0 Å². The van der Waals surface area contributed by atoms with Gasteiger partial charge in [0.15, 0.2) is 0 Å². The highest BCUT2D eigenvalue weighted by Crippen LogP contribution is 2.90. The number of rotatable bonds is 2. The summed E-state index contributed by atoms with van der Waals surface area (Å²) in [6, 6.07) is 0. The van der Waals surface area contributed by atoms with E-state index in [0.29, 0.717) is 11.1 Å². The number of hydrogen-bond donors (Lipinski definition) is 2. The summed E-state index contributed by atoms with van der Waals surface area (Å²) in [5, 5.41) is 6.91. The third-order valence-corrected chi connectivity index (χ3v) is 4.35. The van der Waals surface area contributed by atoms with E-state index < -0.39 is 0 Å². The third-order valence-electron chi connectivity index (χ3n) is 4.35.